The van der Waals surface area contributed by atoms with Gasteiger partial charge < -0.3 is 10.6 Å². The molecule has 0 aliphatic rings. The van der Waals surface area contributed by atoms with Crippen molar-refractivity contribution in [3.05, 3.63) is 29.8 Å². The van der Waals surface area contributed by atoms with Gasteiger partial charge in [0.1, 0.15) is 6.04 Å². The average molecular weight is 291 g/mol. The minimum atomic E-state index is -0.504. The SMILES string of the molecule is CCNC(=O)NC(=O)C(C)Nc1ccccc1C(C)(C)C. The number of hydrogen-bond donors (Lipinski definition) is 3. The Morgan fingerprint density at radius 2 is 1.81 bits per heavy atom. The second kappa shape index (κ2) is 7.11. The number of amides is 3. The predicted molar refractivity (Wildman–Crippen MR) is 85.4 cm³/mol. The Balaban J connectivity index is 2.77. The van der Waals surface area contributed by atoms with Crippen LogP contribution in [0.2, 0.25) is 0 Å². The second-order valence-corrected chi connectivity index (χ2v) is 6.01. The Morgan fingerprint density at radius 3 is 2.38 bits per heavy atom. The summed E-state index contributed by atoms with van der Waals surface area (Å²) >= 11 is 0. The highest BCUT2D eigenvalue weighted by atomic mass is 16.2. The summed E-state index contributed by atoms with van der Waals surface area (Å²) in [5, 5.41) is 8.01. The maximum Gasteiger partial charge on any atom is 0.321 e. The van der Waals surface area contributed by atoms with Crippen LogP contribution in [0.1, 0.15) is 40.2 Å². The van der Waals surface area contributed by atoms with E-state index in [1.807, 2.05) is 24.3 Å². The number of carbonyl (C=O) groups excluding carboxylic acids is 2. The Labute approximate surface area is 126 Å². The number of para-hydroxylation sites is 1. The third-order valence-electron chi connectivity index (χ3n) is 3.07. The number of carbonyl (C=O) groups is 2. The van der Waals surface area contributed by atoms with Crippen molar-refractivity contribution in [2.75, 3.05) is 11.9 Å². The smallest absolute Gasteiger partial charge is 0.321 e. The Hall–Kier alpha value is -2.04. The molecule has 1 aromatic carbocycles. The zero-order chi connectivity index (χ0) is 16.0. The van der Waals surface area contributed by atoms with Gasteiger partial charge in [0, 0.05) is 12.2 Å². The fourth-order valence-corrected chi connectivity index (χ4v) is 1.99. The first kappa shape index (κ1) is 17.0. The van der Waals surface area contributed by atoms with E-state index in [2.05, 4.69) is 36.7 Å². The molecule has 0 fully saturated rings. The maximum atomic E-state index is 12.0. The lowest BCUT2D eigenvalue weighted by Gasteiger charge is -2.25. The van der Waals surface area contributed by atoms with Crippen molar-refractivity contribution in [2.45, 2.75) is 46.1 Å². The van der Waals surface area contributed by atoms with Crippen molar-refractivity contribution in [1.82, 2.24) is 10.6 Å². The zero-order valence-electron chi connectivity index (χ0n) is 13.4. The minimum absolute atomic E-state index is 0.0284. The van der Waals surface area contributed by atoms with E-state index < -0.39 is 12.1 Å². The average Bonchev–Trinajstić information content (AvgIpc) is 2.38. The number of hydrogen-bond acceptors (Lipinski definition) is 3. The lowest BCUT2D eigenvalue weighted by Crippen LogP contribution is -2.45. The van der Waals surface area contributed by atoms with Crippen LogP contribution in [0.15, 0.2) is 24.3 Å². The summed E-state index contributed by atoms with van der Waals surface area (Å²) in [6.45, 7) is 10.4. The molecule has 1 aromatic rings. The van der Waals surface area contributed by atoms with Gasteiger partial charge in [-0.3, -0.25) is 10.1 Å². The van der Waals surface area contributed by atoms with Gasteiger partial charge >= 0.3 is 6.03 Å². The molecule has 1 atom stereocenters. The van der Waals surface area contributed by atoms with E-state index in [-0.39, 0.29) is 11.3 Å². The number of nitrogens with one attached hydrogen (secondary N) is 3. The molecule has 1 unspecified atom stereocenters. The van der Waals surface area contributed by atoms with E-state index in [9.17, 15) is 9.59 Å². The molecule has 0 aliphatic heterocycles. The molecule has 21 heavy (non-hydrogen) atoms. The Kier molecular flexibility index (Phi) is 5.76. The first-order chi connectivity index (χ1) is 9.75. The van der Waals surface area contributed by atoms with E-state index in [4.69, 9.17) is 0 Å². The Bertz CT molecular complexity index is 506. The molecule has 0 radical (unpaired) electrons. The molecule has 0 heterocycles. The molecule has 0 saturated carbocycles. The molecular formula is C16H25N3O2. The van der Waals surface area contributed by atoms with Gasteiger partial charge in [0.05, 0.1) is 0 Å². The number of rotatable bonds is 4. The fraction of sp³-hybridized carbons (Fsp3) is 0.500. The lowest BCUT2D eigenvalue weighted by atomic mass is 9.85. The van der Waals surface area contributed by atoms with Crippen LogP contribution in [0.5, 0.6) is 0 Å². The highest BCUT2D eigenvalue weighted by Crippen LogP contribution is 2.29. The van der Waals surface area contributed by atoms with E-state index >= 15 is 0 Å². The van der Waals surface area contributed by atoms with E-state index in [1.165, 1.54) is 0 Å². The van der Waals surface area contributed by atoms with Crippen LogP contribution < -0.4 is 16.0 Å². The topological polar surface area (TPSA) is 70.2 Å². The summed E-state index contributed by atoms with van der Waals surface area (Å²) in [5.74, 6) is -0.357. The summed E-state index contributed by atoms with van der Waals surface area (Å²) in [6.07, 6.45) is 0. The van der Waals surface area contributed by atoms with Crippen LogP contribution in [0.4, 0.5) is 10.5 Å². The van der Waals surface area contributed by atoms with Crippen molar-refractivity contribution in [2.24, 2.45) is 0 Å². The van der Waals surface area contributed by atoms with Crippen LogP contribution in [0, 0.1) is 0 Å². The molecule has 0 aliphatic carbocycles. The van der Waals surface area contributed by atoms with E-state index in [1.54, 1.807) is 13.8 Å². The van der Waals surface area contributed by atoms with Crippen LogP contribution in [0.3, 0.4) is 0 Å². The highest BCUT2D eigenvalue weighted by Gasteiger charge is 2.21. The third-order valence-corrected chi connectivity index (χ3v) is 3.07. The quantitative estimate of drug-likeness (QED) is 0.798. The van der Waals surface area contributed by atoms with Crippen molar-refractivity contribution >= 4 is 17.6 Å². The Morgan fingerprint density at radius 1 is 1.19 bits per heavy atom. The summed E-state index contributed by atoms with van der Waals surface area (Å²) in [4.78, 5) is 23.3. The van der Waals surface area contributed by atoms with Crippen molar-refractivity contribution in [1.29, 1.82) is 0 Å². The first-order valence-corrected chi connectivity index (χ1v) is 7.20. The fourth-order valence-electron chi connectivity index (χ4n) is 1.99. The monoisotopic (exact) mass is 291 g/mol. The van der Waals surface area contributed by atoms with Crippen LogP contribution in [0.25, 0.3) is 0 Å². The molecule has 5 heteroatoms. The van der Waals surface area contributed by atoms with Gasteiger partial charge in [-0.1, -0.05) is 39.0 Å². The van der Waals surface area contributed by atoms with Gasteiger partial charge in [-0.2, -0.15) is 0 Å². The second-order valence-electron chi connectivity index (χ2n) is 6.01. The molecular weight excluding hydrogens is 266 g/mol. The van der Waals surface area contributed by atoms with Crippen molar-refractivity contribution in [3.63, 3.8) is 0 Å². The number of urea groups is 1. The van der Waals surface area contributed by atoms with Gasteiger partial charge in [0.2, 0.25) is 5.91 Å². The zero-order valence-corrected chi connectivity index (χ0v) is 13.4. The summed E-state index contributed by atoms with van der Waals surface area (Å²) in [7, 11) is 0. The third kappa shape index (κ3) is 5.10. The summed E-state index contributed by atoms with van der Waals surface area (Å²) in [6, 6.07) is 6.90. The first-order valence-electron chi connectivity index (χ1n) is 7.20. The van der Waals surface area contributed by atoms with Gasteiger partial charge in [-0.25, -0.2) is 4.79 Å². The molecule has 0 bridgehead atoms. The number of anilines is 1. The molecule has 1 rings (SSSR count). The normalized spacial score (nSPS) is 12.4. The largest absolute Gasteiger partial charge is 0.374 e. The van der Waals surface area contributed by atoms with Crippen LogP contribution in [-0.2, 0) is 10.2 Å². The molecule has 0 spiro atoms. The molecule has 3 N–H and O–H groups in total. The van der Waals surface area contributed by atoms with Crippen molar-refractivity contribution in [3.8, 4) is 0 Å². The van der Waals surface area contributed by atoms with Crippen molar-refractivity contribution < 1.29 is 9.59 Å². The van der Waals surface area contributed by atoms with Gasteiger partial charge in [-0.15, -0.1) is 0 Å². The van der Waals surface area contributed by atoms with E-state index in [0.717, 1.165) is 11.3 Å². The minimum Gasteiger partial charge on any atom is -0.374 e. The lowest BCUT2D eigenvalue weighted by molar-refractivity contribution is -0.120. The van der Waals surface area contributed by atoms with Gasteiger partial charge in [0.25, 0.3) is 0 Å². The molecule has 0 aromatic heterocycles. The molecule has 5 nitrogen and oxygen atoms in total. The van der Waals surface area contributed by atoms with Gasteiger partial charge in [-0.05, 0) is 30.9 Å². The number of benzene rings is 1. The maximum absolute atomic E-state index is 12.0. The van der Waals surface area contributed by atoms with Crippen LogP contribution >= 0.6 is 0 Å². The standard InChI is InChI=1S/C16H25N3O2/c1-6-17-15(21)19-14(20)11(2)18-13-10-8-7-9-12(13)16(3,4)5/h7-11,18H,6H2,1-5H3,(H2,17,19,20,21). The molecule has 3 amide bonds. The summed E-state index contributed by atoms with van der Waals surface area (Å²) in [5.41, 5.74) is 2.01. The predicted octanol–water partition coefficient (Wildman–Crippen LogP) is 2.63. The highest BCUT2D eigenvalue weighted by molar-refractivity contribution is 5.98. The van der Waals surface area contributed by atoms with Gasteiger partial charge in [0.15, 0.2) is 0 Å². The molecule has 116 valence electrons. The molecule has 0 saturated heterocycles. The van der Waals surface area contributed by atoms with Crippen LogP contribution in [-0.4, -0.2) is 24.5 Å². The van der Waals surface area contributed by atoms with E-state index in [0.29, 0.717) is 6.54 Å². The summed E-state index contributed by atoms with van der Waals surface area (Å²) < 4.78 is 0. The number of imide groups is 1.